The lowest BCUT2D eigenvalue weighted by molar-refractivity contribution is 0.0601. The smallest absolute Gasteiger partial charge is 0.340 e. The number of hydrogen-bond donors (Lipinski definition) is 0. The zero-order valence-electron chi connectivity index (χ0n) is 12.9. The Balaban J connectivity index is 2.32. The standard InChI is InChI=1S/C19H17NO2/c1-12-8-13(2)10-15(9-12)18-16(19(21)22-3)11-14-6-4-5-7-17(14)20-18/h4-11H,1-3H3. The molecule has 0 saturated carbocycles. The van der Waals surface area contributed by atoms with Crippen LogP contribution in [0.25, 0.3) is 22.2 Å². The van der Waals surface area contributed by atoms with Crippen molar-refractivity contribution < 1.29 is 9.53 Å². The third-order valence-electron chi connectivity index (χ3n) is 3.62. The fourth-order valence-electron chi connectivity index (χ4n) is 2.71. The molecule has 110 valence electrons. The van der Waals surface area contributed by atoms with Gasteiger partial charge in [0, 0.05) is 10.9 Å². The van der Waals surface area contributed by atoms with E-state index in [0.717, 1.165) is 27.6 Å². The van der Waals surface area contributed by atoms with Crippen LogP contribution in [0.1, 0.15) is 21.5 Å². The topological polar surface area (TPSA) is 39.2 Å². The van der Waals surface area contributed by atoms with Gasteiger partial charge in [-0.2, -0.15) is 0 Å². The van der Waals surface area contributed by atoms with Crippen LogP contribution in [-0.4, -0.2) is 18.1 Å². The van der Waals surface area contributed by atoms with Crippen molar-refractivity contribution in [1.82, 2.24) is 4.98 Å². The monoisotopic (exact) mass is 291 g/mol. The summed E-state index contributed by atoms with van der Waals surface area (Å²) in [5.41, 5.74) is 5.23. The number of pyridine rings is 1. The van der Waals surface area contributed by atoms with Crippen molar-refractivity contribution in [3.63, 3.8) is 0 Å². The van der Waals surface area contributed by atoms with E-state index in [1.165, 1.54) is 7.11 Å². The maximum absolute atomic E-state index is 12.2. The minimum Gasteiger partial charge on any atom is -0.465 e. The summed E-state index contributed by atoms with van der Waals surface area (Å²) >= 11 is 0. The SMILES string of the molecule is COC(=O)c1cc2ccccc2nc1-c1cc(C)cc(C)c1. The molecule has 3 heteroatoms. The Morgan fingerprint density at radius 3 is 2.36 bits per heavy atom. The Morgan fingerprint density at radius 2 is 1.68 bits per heavy atom. The van der Waals surface area contributed by atoms with Crippen molar-refractivity contribution in [2.75, 3.05) is 7.11 Å². The normalized spacial score (nSPS) is 10.7. The van der Waals surface area contributed by atoms with Crippen LogP contribution < -0.4 is 0 Å². The predicted molar refractivity (Wildman–Crippen MR) is 88.0 cm³/mol. The van der Waals surface area contributed by atoms with E-state index >= 15 is 0 Å². The number of esters is 1. The molecule has 0 bridgehead atoms. The predicted octanol–water partition coefficient (Wildman–Crippen LogP) is 4.31. The molecule has 1 heterocycles. The Bertz CT molecular complexity index is 848. The lowest BCUT2D eigenvalue weighted by Gasteiger charge is -2.11. The minimum atomic E-state index is -0.368. The largest absolute Gasteiger partial charge is 0.465 e. The van der Waals surface area contributed by atoms with Gasteiger partial charge < -0.3 is 4.74 Å². The van der Waals surface area contributed by atoms with Gasteiger partial charge in [-0.3, -0.25) is 0 Å². The summed E-state index contributed by atoms with van der Waals surface area (Å²) in [7, 11) is 1.39. The highest BCUT2D eigenvalue weighted by Gasteiger charge is 2.16. The minimum absolute atomic E-state index is 0.368. The number of methoxy groups -OCH3 is 1. The zero-order chi connectivity index (χ0) is 15.7. The molecular weight excluding hydrogens is 274 g/mol. The first kappa shape index (κ1) is 14.3. The molecule has 0 aliphatic heterocycles. The molecule has 0 fully saturated rings. The van der Waals surface area contributed by atoms with Crippen LogP contribution in [0.4, 0.5) is 0 Å². The Morgan fingerprint density at radius 1 is 1.00 bits per heavy atom. The molecule has 22 heavy (non-hydrogen) atoms. The Labute approximate surface area is 129 Å². The van der Waals surface area contributed by atoms with Gasteiger partial charge >= 0.3 is 5.97 Å². The van der Waals surface area contributed by atoms with Gasteiger partial charge in [0.25, 0.3) is 0 Å². The van der Waals surface area contributed by atoms with E-state index in [4.69, 9.17) is 9.72 Å². The van der Waals surface area contributed by atoms with Gasteiger partial charge in [-0.05, 0) is 38.1 Å². The van der Waals surface area contributed by atoms with E-state index in [-0.39, 0.29) is 5.97 Å². The summed E-state index contributed by atoms with van der Waals surface area (Å²) in [5.74, 6) is -0.368. The molecule has 0 saturated heterocycles. The van der Waals surface area contributed by atoms with Crippen LogP contribution in [0.3, 0.4) is 0 Å². The fraction of sp³-hybridized carbons (Fsp3) is 0.158. The molecule has 0 radical (unpaired) electrons. The van der Waals surface area contributed by atoms with E-state index in [0.29, 0.717) is 11.3 Å². The Kier molecular flexibility index (Phi) is 3.63. The van der Waals surface area contributed by atoms with Crippen molar-refractivity contribution in [2.45, 2.75) is 13.8 Å². The average Bonchev–Trinajstić information content (AvgIpc) is 2.52. The summed E-state index contributed by atoms with van der Waals surface area (Å²) < 4.78 is 4.93. The lowest BCUT2D eigenvalue weighted by Crippen LogP contribution is -2.05. The van der Waals surface area contributed by atoms with E-state index < -0.39 is 0 Å². The van der Waals surface area contributed by atoms with E-state index in [1.807, 2.05) is 56.3 Å². The zero-order valence-corrected chi connectivity index (χ0v) is 12.9. The summed E-state index contributed by atoms with van der Waals surface area (Å²) in [5, 5.41) is 0.927. The van der Waals surface area contributed by atoms with Gasteiger partial charge in [0.2, 0.25) is 0 Å². The second kappa shape index (κ2) is 5.60. The molecule has 0 aliphatic rings. The van der Waals surface area contributed by atoms with Crippen LogP contribution in [0.2, 0.25) is 0 Å². The molecule has 0 aliphatic carbocycles. The molecule has 3 nitrogen and oxygen atoms in total. The highest BCUT2D eigenvalue weighted by molar-refractivity contribution is 6.00. The molecule has 1 aromatic heterocycles. The molecule has 3 aromatic rings. The molecule has 0 N–H and O–H groups in total. The number of nitrogens with zero attached hydrogens (tertiary/aromatic N) is 1. The number of carbonyl (C=O) groups excluding carboxylic acids is 1. The van der Waals surface area contributed by atoms with E-state index in [2.05, 4.69) is 6.07 Å². The molecule has 2 aromatic carbocycles. The van der Waals surface area contributed by atoms with Crippen molar-refractivity contribution in [1.29, 1.82) is 0 Å². The van der Waals surface area contributed by atoms with Gasteiger partial charge in [-0.1, -0.05) is 35.4 Å². The summed E-state index contributed by atoms with van der Waals surface area (Å²) in [6.45, 7) is 4.07. The number of benzene rings is 2. The number of carbonyl (C=O) groups is 1. The first-order valence-electron chi connectivity index (χ1n) is 7.15. The van der Waals surface area contributed by atoms with Gasteiger partial charge in [0.05, 0.1) is 23.9 Å². The molecule has 0 atom stereocenters. The Hall–Kier alpha value is -2.68. The first-order valence-corrected chi connectivity index (χ1v) is 7.15. The second-order valence-corrected chi connectivity index (χ2v) is 5.45. The molecule has 0 amide bonds. The molecule has 0 spiro atoms. The number of fused-ring (bicyclic) bond motifs is 1. The second-order valence-electron chi connectivity index (χ2n) is 5.45. The number of aromatic nitrogens is 1. The molecule has 0 unspecified atom stereocenters. The molecular formula is C19H17NO2. The van der Waals surface area contributed by atoms with Gasteiger partial charge in [0.15, 0.2) is 0 Å². The summed E-state index contributed by atoms with van der Waals surface area (Å²) in [6, 6.07) is 15.8. The maximum Gasteiger partial charge on any atom is 0.340 e. The van der Waals surface area contributed by atoms with Gasteiger partial charge in [-0.25, -0.2) is 9.78 Å². The summed E-state index contributed by atoms with van der Waals surface area (Å²) in [4.78, 5) is 16.9. The highest BCUT2D eigenvalue weighted by Crippen LogP contribution is 2.27. The van der Waals surface area contributed by atoms with Crippen LogP contribution in [0, 0.1) is 13.8 Å². The molecule has 3 rings (SSSR count). The van der Waals surface area contributed by atoms with Crippen LogP contribution in [0.5, 0.6) is 0 Å². The lowest BCUT2D eigenvalue weighted by atomic mass is 10.00. The van der Waals surface area contributed by atoms with Crippen LogP contribution in [0.15, 0.2) is 48.5 Å². The third-order valence-corrected chi connectivity index (χ3v) is 3.62. The number of rotatable bonds is 2. The number of ether oxygens (including phenoxy) is 1. The van der Waals surface area contributed by atoms with Crippen LogP contribution in [-0.2, 0) is 4.74 Å². The number of hydrogen-bond acceptors (Lipinski definition) is 3. The van der Waals surface area contributed by atoms with Gasteiger partial charge in [0.1, 0.15) is 0 Å². The van der Waals surface area contributed by atoms with Crippen LogP contribution >= 0.6 is 0 Å². The highest BCUT2D eigenvalue weighted by atomic mass is 16.5. The van der Waals surface area contributed by atoms with E-state index in [9.17, 15) is 4.79 Å². The number of aryl methyl sites for hydroxylation is 2. The third kappa shape index (κ3) is 2.58. The fourth-order valence-corrected chi connectivity index (χ4v) is 2.71. The van der Waals surface area contributed by atoms with E-state index in [1.54, 1.807) is 0 Å². The maximum atomic E-state index is 12.2. The van der Waals surface area contributed by atoms with Gasteiger partial charge in [-0.15, -0.1) is 0 Å². The average molecular weight is 291 g/mol. The summed E-state index contributed by atoms with van der Waals surface area (Å²) in [6.07, 6.45) is 0. The van der Waals surface area contributed by atoms with Crippen molar-refractivity contribution in [2.24, 2.45) is 0 Å². The van der Waals surface area contributed by atoms with Crippen molar-refractivity contribution >= 4 is 16.9 Å². The van der Waals surface area contributed by atoms with Crippen molar-refractivity contribution in [3.8, 4) is 11.3 Å². The van der Waals surface area contributed by atoms with Crippen molar-refractivity contribution in [3.05, 3.63) is 65.2 Å². The quantitative estimate of drug-likeness (QED) is 0.661. The first-order chi connectivity index (χ1) is 10.6. The number of para-hydroxylation sites is 1.